The van der Waals surface area contributed by atoms with Crippen LogP contribution >= 0.6 is 24.8 Å². The van der Waals surface area contributed by atoms with E-state index in [1.54, 1.807) is 4.90 Å². The van der Waals surface area contributed by atoms with Gasteiger partial charge in [-0.1, -0.05) is 0 Å². The summed E-state index contributed by atoms with van der Waals surface area (Å²) in [5.41, 5.74) is 0.240. The molecular weight excluding hydrogens is 313 g/mol. The van der Waals surface area contributed by atoms with Crippen LogP contribution in [0.2, 0.25) is 0 Å². The molecule has 1 atom stereocenters. The van der Waals surface area contributed by atoms with Crippen molar-refractivity contribution in [3.05, 3.63) is 23.8 Å². The Balaban J connectivity index is 0.00000180. The number of phenols is 2. The van der Waals surface area contributed by atoms with E-state index in [0.717, 1.165) is 6.07 Å². The molecule has 1 aliphatic heterocycles. The van der Waals surface area contributed by atoms with Crippen LogP contribution in [-0.4, -0.2) is 47.7 Å². The molecule has 1 fully saturated rings. The van der Waals surface area contributed by atoms with Gasteiger partial charge in [0.2, 0.25) is 0 Å². The van der Waals surface area contributed by atoms with Crippen LogP contribution in [0.15, 0.2) is 18.2 Å². The molecule has 116 valence electrons. The highest BCUT2D eigenvalue weighted by Crippen LogP contribution is 2.32. The molecule has 0 aromatic heterocycles. The summed E-state index contributed by atoms with van der Waals surface area (Å²) in [6.45, 7) is 2.36. The molecule has 2 rings (SSSR count). The van der Waals surface area contributed by atoms with E-state index in [2.05, 4.69) is 5.32 Å². The number of hydrogen-bond donors (Lipinski definition) is 3. The summed E-state index contributed by atoms with van der Waals surface area (Å²) in [7, 11) is 0. The Morgan fingerprint density at radius 3 is 1.95 bits per heavy atom. The molecule has 0 aliphatic carbocycles. The molecule has 1 aliphatic rings. The number of alkyl halides is 2. The van der Waals surface area contributed by atoms with Crippen molar-refractivity contribution < 1.29 is 19.0 Å². The third-order valence-corrected chi connectivity index (χ3v) is 3.05. The van der Waals surface area contributed by atoms with E-state index in [4.69, 9.17) is 0 Å². The lowest BCUT2D eigenvalue weighted by molar-refractivity contribution is 0.0180. The number of nitrogens with zero attached hydrogens (tertiary/aromatic N) is 1. The quantitative estimate of drug-likeness (QED) is 0.794. The zero-order chi connectivity index (χ0) is 13.1. The zero-order valence-electron chi connectivity index (χ0n) is 10.6. The van der Waals surface area contributed by atoms with Gasteiger partial charge >= 0.3 is 0 Å². The number of nitrogens with one attached hydrogen (secondary N) is 1. The standard InChI is InChI=1S/C12H16F2N2O2.2ClH/c13-12(14)11(16-3-1-15-2-4-16)8-5-9(17)7-10(18)6-8;;/h5-7,11-12,15,17-18H,1-4H2;2*1H/t11-;;/m0../s1. The van der Waals surface area contributed by atoms with E-state index in [-0.39, 0.29) is 41.9 Å². The molecule has 1 heterocycles. The van der Waals surface area contributed by atoms with Crippen LogP contribution in [0.25, 0.3) is 0 Å². The Hall–Kier alpha value is -0.820. The molecule has 0 spiro atoms. The summed E-state index contributed by atoms with van der Waals surface area (Å²) < 4.78 is 26.4. The number of aromatic hydroxyl groups is 2. The molecule has 0 amide bonds. The summed E-state index contributed by atoms with van der Waals surface area (Å²) in [4.78, 5) is 1.66. The minimum atomic E-state index is -2.57. The Bertz CT molecular complexity index is 398. The van der Waals surface area contributed by atoms with E-state index in [1.165, 1.54) is 12.1 Å². The normalized spacial score (nSPS) is 17.1. The van der Waals surface area contributed by atoms with Crippen molar-refractivity contribution in [2.75, 3.05) is 26.2 Å². The van der Waals surface area contributed by atoms with Crippen LogP contribution in [0.3, 0.4) is 0 Å². The minimum absolute atomic E-state index is 0. The lowest BCUT2D eigenvalue weighted by atomic mass is 10.0. The second kappa shape index (κ2) is 8.46. The topological polar surface area (TPSA) is 55.7 Å². The van der Waals surface area contributed by atoms with Gasteiger partial charge in [-0.15, -0.1) is 24.8 Å². The summed E-state index contributed by atoms with van der Waals surface area (Å²) in [5.74, 6) is -0.406. The van der Waals surface area contributed by atoms with Crippen LogP contribution in [-0.2, 0) is 0 Å². The highest BCUT2D eigenvalue weighted by Gasteiger charge is 2.30. The Morgan fingerprint density at radius 1 is 1.00 bits per heavy atom. The van der Waals surface area contributed by atoms with Crippen LogP contribution < -0.4 is 5.32 Å². The van der Waals surface area contributed by atoms with Gasteiger partial charge in [0.05, 0.1) is 6.04 Å². The van der Waals surface area contributed by atoms with Gasteiger partial charge in [0.25, 0.3) is 6.43 Å². The van der Waals surface area contributed by atoms with Gasteiger partial charge in [-0.05, 0) is 17.7 Å². The number of hydrogen-bond acceptors (Lipinski definition) is 4. The predicted molar refractivity (Wildman–Crippen MR) is 77.5 cm³/mol. The van der Waals surface area contributed by atoms with Gasteiger partial charge in [-0.25, -0.2) is 8.78 Å². The molecule has 1 aromatic carbocycles. The molecule has 8 heteroatoms. The summed E-state index contributed by atoms with van der Waals surface area (Å²) >= 11 is 0. The zero-order valence-corrected chi connectivity index (χ0v) is 12.3. The molecular formula is C12H18Cl2F2N2O2. The van der Waals surface area contributed by atoms with Crippen LogP contribution in [0.4, 0.5) is 8.78 Å². The summed E-state index contributed by atoms with van der Waals surface area (Å²) in [5, 5.41) is 21.9. The molecule has 4 nitrogen and oxygen atoms in total. The van der Waals surface area contributed by atoms with Crippen molar-refractivity contribution in [3.8, 4) is 11.5 Å². The largest absolute Gasteiger partial charge is 0.508 e. The smallest absolute Gasteiger partial charge is 0.258 e. The average molecular weight is 331 g/mol. The predicted octanol–water partition coefficient (Wildman–Crippen LogP) is 2.15. The second-order valence-corrected chi connectivity index (χ2v) is 4.35. The summed E-state index contributed by atoms with van der Waals surface area (Å²) in [6.07, 6.45) is -2.57. The molecule has 3 N–H and O–H groups in total. The van der Waals surface area contributed by atoms with E-state index >= 15 is 0 Å². The van der Waals surface area contributed by atoms with Gasteiger partial charge in [0.1, 0.15) is 11.5 Å². The molecule has 0 saturated carbocycles. The van der Waals surface area contributed by atoms with E-state index in [9.17, 15) is 19.0 Å². The highest BCUT2D eigenvalue weighted by atomic mass is 35.5. The minimum Gasteiger partial charge on any atom is -0.508 e. The van der Waals surface area contributed by atoms with Crippen LogP contribution in [0, 0.1) is 0 Å². The maximum atomic E-state index is 13.2. The monoisotopic (exact) mass is 330 g/mol. The van der Waals surface area contributed by atoms with Gasteiger partial charge in [-0.3, -0.25) is 4.90 Å². The Morgan fingerprint density at radius 2 is 1.50 bits per heavy atom. The fourth-order valence-corrected chi connectivity index (χ4v) is 2.26. The Labute approximate surface area is 128 Å². The van der Waals surface area contributed by atoms with Gasteiger partial charge < -0.3 is 15.5 Å². The third kappa shape index (κ3) is 4.63. The Kier molecular flexibility index (Phi) is 8.12. The number of piperazine rings is 1. The van der Waals surface area contributed by atoms with E-state index in [1.807, 2.05) is 0 Å². The number of halogens is 4. The molecule has 1 saturated heterocycles. The summed E-state index contributed by atoms with van der Waals surface area (Å²) in [6, 6.07) is 2.59. The molecule has 0 radical (unpaired) electrons. The van der Waals surface area contributed by atoms with Gasteiger partial charge in [-0.2, -0.15) is 0 Å². The van der Waals surface area contributed by atoms with E-state index in [0.29, 0.717) is 26.2 Å². The third-order valence-electron chi connectivity index (χ3n) is 3.05. The first-order valence-electron chi connectivity index (χ1n) is 5.84. The van der Waals surface area contributed by atoms with Crippen molar-refractivity contribution in [3.63, 3.8) is 0 Å². The first-order chi connectivity index (χ1) is 8.58. The van der Waals surface area contributed by atoms with Crippen molar-refractivity contribution in [1.29, 1.82) is 0 Å². The fraction of sp³-hybridized carbons (Fsp3) is 0.500. The van der Waals surface area contributed by atoms with Crippen molar-refractivity contribution in [2.45, 2.75) is 12.5 Å². The fourth-order valence-electron chi connectivity index (χ4n) is 2.26. The number of benzene rings is 1. The first-order valence-corrected chi connectivity index (χ1v) is 5.84. The molecule has 1 aromatic rings. The first kappa shape index (κ1) is 19.2. The highest BCUT2D eigenvalue weighted by molar-refractivity contribution is 5.85. The number of rotatable bonds is 3. The van der Waals surface area contributed by atoms with Crippen molar-refractivity contribution >= 4 is 24.8 Å². The lowest BCUT2D eigenvalue weighted by Gasteiger charge is -2.34. The lowest BCUT2D eigenvalue weighted by Crippen LogP contribution is -2.46. The van der Waals surface area contributed by atoms with Crippen LogP contribution in [0.5, 0.6) is 11.5 Å². The van der Waals surface area contributed by atoms with Gasteiger partial charge in [0, 0.05) is 32.2 Å². The second-order valence-electron chi connectivity index (χ2n) is 4.35. The maximum Gasteiger partial charge on any atom is 0.258 e. The molecule has 20 heavy (non-hydrogen) atoms. The SMILES string of the molecule is Cl.Cl.Oc1cc(O)cc([C@@H](C(F)F)N2CCNCC2)c1. The van der Waals surface area contributed by atoms with Crippen LogP contribution in [0.1, 0.15) is 11.6 Å². The molecule has 0 unspecified atom stereocenters. The van der Waals surface area contributed by atoms with Crippen molar-refractivity contribution in [2.24, 2.45) is 0 Å². The number of phenolic OH excluding ortho intramolecular Hbond substituents is 2. The molecule has 0 bridgehead atoms. The van der Waals surface area contributed by atoms with Crippen molar-refractivity contribution in [1.82, 2.24) is 10.2 Å². The van der Waals surface area contributed by atoms with Gasteiger partial charge in [0.15, 0.2) is 0 Å². The van der Waals surface area contributed by atoms with E-state index < -0.39 is 12.5 Å². The maximum absolute atomic E-state index is 13.2. The average Bonchev–Trinajstić information content (AvgIpc) is 2.28.